The van der Waals surface area contributed by atoms with Gasteiger partial charge in [-0.1, -0.05) is 36.9 Å². The van der Waals surface area contributed by atoms with Crippen LogP contribution in [0.5, 0.6) is 5.75 Å². The van der Waals surface area contributed by atoms with Crippen molar-refractivity contribution in [1.29, 1.82) is 0 Å². The first-order valence-corrected chi connectivity index (χ1v) is 6.20. The summed E-state index contributed by atoms with van der Waals surface area (Å²) in [5.41, 5.74) is 7.91. The van der Waals surface area contributed by atoms with Crippen LogP contribution in [0.15, 0.2) is 48.6 Å². The van der Waals surface area contributed by atoms with Crippen molar-refractivity contribution in [2.45, 2.75) is 13.3 Å². The highest BCUT2D eigenvalue weighted by molar-refractivity contribution is 5.87. The Labute approximate surface area is 108 Å². The average molecular weight is 241 g/mol. The van der Waals surface area contributed by atoms with Crippen molar-refractivity contribution < 1.29 is 4.74 Å². The Morgan fingerprint density at radius 1 is 1.22 bits per heavy atom. The molecular weight excluding hydrogens is 222 g/mol. The van der Waals surface area contributed by atoms with Crippen LogP contribution in [0.25, 0.3) is 10.8 Å². The van der Waals surface area contributed by atoms with Crippen molar-refractivity contribution in [3.8, 4) is 5.75 Å². The Hall–Kier alpha value is -1.80. The monoisotopic (exact) mass is 241 g/mol. The maximum atomic E-state index is 5.80. The molecule has 0 radical (unpaired) electrons. The summed E-state index contributed by atoms with van der Waals surface area (Å²) in [6.07, 6.45) is 0.826. The normalized spacial score (nSPS) is 10.6. The second kappa shape index (κ2) is 5.69. The molecule has 18 heavy (non-hydrogen) atoms. The molecule has 0 amide bonds. The van der Waals surface area contributed by atoms with Crippen molar-refractivity contribution >= 4 is 10.8 Å². The van der Waals surface area contributed by atoms with Crippen LogP contribution in [0, 0.1) is 0 Å². The first kappa shape index (κ1) is 12.7. The van der Waals surface area contributed by atoms with E-state index in [0.717, 1.165) is 17.7 Å². The molecule has 0 aliphatic carbocycles. The van der Waals surface area contributed by atoms with Gasteiger partial charge in [-0.25, -0.2) is 0 Å². The lowest BCUT2D eigenvalue weighted by atomic mass is 10.0. The van der Waals surface area contributed by atoms with E-state index < -0.39 is 0 Å². The highest BCUT2D eigenvalue weighted by Gasteiger charge is 2.08. The van der Waals surface area contributed by atoms with E-state index in [0.29, 0.717) is 13.2 Å². The topological polar surface area (TPSA) is 35.2 Å². The molecule has 0 bridgehead atoms. The lowest BCUT2D eigenvalue weighted by molar-refractivity contribution is 0.349. The summed E-state index contributed by atoms with van der Waals surface area (Å²) in [5, 5.41) is 2.45. The quantitative estimate of drug-likeness (QED) is 0.815. The van der Waals surface area contributed by atoms with Crippen molar-refractivity contribution in [2.24, 2.45) is 5.73 Å². The number of fused-ring (bicyclic) bond motifs is 1. The van der Waals surface area contributed by atoms with Crippen LogP contribution in [-0.4, -0.2) is 13.2 Å². The summed E-state index contributed by atoms with van der Waals surface area (Å²) in [7, 11) is 0. The average Bonchev–Trinajstić information content (AvgIpc) is 2.38. The molecule has 2 rings (SSSR count). The van der Waals surface area contributed by atoms with E-state index in [9.17, 15) is 0 Å². The molecule has 0 saturated carbocycles. The number of benzene rings is 2. The van der Waals surface area contributed by atoms with Gasteiger partial charge in [-0.05, 0) is 42.3 Å². The molecule has 0 fully saturated rings. The Balaban J connectivity index is 2.44. The van der Waals surface area contributed by atoms with Gasteiger partial charge in [0.2, 0.25) is 0 Å². The Bertz CT molecular complexity index is 560. The van der Waals surface area contributed by atoms with Crippen LogP contribution in [0.4, 0.5) is 0 Å². The predicted molar refractivity (Wildman–Crippen MR) is 77.0 cm³/mol. The molecular formula is C16H19NO. The molecule has 2 N–H and O–H groups in total. The lowest BCUT2D eigenvalue weighted by Gasteiger charge is -2.13. The van der Waals surface area contributed by atoms with Crippen LogP contribution in [-0.2, 0) is 6.42 Å². The zero-order valence-corrected chi connectivity index (χ0v) is 10.8. The summed E-state index contributed by atoms with van der Waals surface area (Å²) in [4.78, 5) is 0. The fourth-order valence-corrected chi connectivity index (χ4v) is 2.05. The number of nitrogens with two attached hydrogens (primary N) is 1. The van der Waals surface area contributed by atoms with E-state index in [-0.39, 0.29) is 0 Å². The molecule has 0 atom stereocenters. The molecule has 2 aromatic rings. The molecule has 0 unspecified atom stereocenters. The van der Waals surface area contributed by atoms with E-state index >= 15 is 0 Å². The van der Waals surface area contributed by atoms with E-state index in [4.69, 9.17) is 10.5 Å². The highest BCUT2D eigenvalue weighted by atomic mass is 16.5. The van der Waals surface area contributed by atoms with Crippen molar-refractivity contribution in [3.63, 3.8) is 0 Å². The molecule has 0 aliphatic heterocycles. The predicted octanol–water partition coefficient (Wildman–Crippen LogP) is 3.30. The number of hydrogen-bond donors (Lipinski definition) is 1. The molecule has 0 aromatic heterocycles. The largest absolute Gasteiger partial charge is 0.489 e. The van der Waals surface area contributed by atoms with Gasteiger partial charge in [0.05, 0.1) is 0 Å². The highest BCUT2D eigenvalue weighted by Crippen LogP contribution is 2.28. The first-order valence-electron chi connectivity index (χ1n) is 6.20. The zero-order chi connectivity index (χ0) is 13.0. The van der Waals surface area contributed by atoms with Gasteiger partial charge in [-0.15, -0.1) is 0 Å². The molecule has 0 spiro atoms. The van der Waals surface area contributed by atoms with Gasteiger partial charge in [-0.3, -0.25) is 0 Å². The number of rotatable bonds is 5. The number of ether oxygens (including phenoxy) is 1. The van der Waals surface area contributed by atoms with Crippen LogP contribution in [0.1, 0.15) is 12.5 Å². The fourth-order valence-electron chi connectivity index (χ4n) is 2.05. The van der Waals surface area contributed by atoms with Gasteiger partial charge >= 0.3 is 0 Å². The van der Waals surface area contributed by atoms with Gasteiger partial charge < -0.3 is 10.5 Å². The van der Waals surface area contributed by atoms with Gasteiger partial charge in [0.1, 0.15) is 12.4 Å². The van der Waals surface area contributed by atoms with Crippen LogP contribution >= 0.6 is 0 Å². The third-order valence-corrected chi connectivity index (χ3v) is 2.87. The summed E-state index contributed by atoms with van der Waals surface area (Å²) in [5.74, 6) is 0.919. The van der Waals surface area contributed by atoms with Crippen LogP contribution in [0.2, 0.25) is 0 Å². The molecule has 94 valence electrons. The number of hydrogen-bond acceptors (Lipinski definition) is 2. The third kappa shape index (κ3) is 2.71. The second-order valence-corrected chi connectivity index (χ2v) is 4.55. The molecule has 0 heterocycles. The van der Waals surface area contributed by atoms with Gasteiger partial charge in [0, 0.05) is 5.56 Å². The summed E-state index contributed by atoms with van der Waals surface area (Å²) >= 11 is 0. The van der Waals surface area contributed by atoms with E-state index in [1.807, 2.05) is 25.1 Å². The molecule has 0 aliphatic rings. The first-order chi connectivity index (χ1) is 8.72. The SMILES string of the molecule is C=C(C)COc1ccc2ccccc2c1CCN. The minimum Gasteiger partial charge on any atom is -0.489 e. The maximum absolute atomic E-state index is 5.80. The fraction of sp³-hybridized carbons (Fsp3) is 0.250. The Kier molecular flexibility index (Phi) is 4.00. The van der Waals surface area contributed by atoms with Crippen LogP contribution in [0.3, 0.4) is 0 Å². The summed E-state index contributed by atoms with van der Waals surface area (Å²) < 4.78 is 5.80. The second-order valence-electron chi connectivity index (χ2n) is 4.55. The van der Waals surface area contributed by atoms with Gasteiger partial charge in [-0.2, -0.15) is 0 Å². The molecule has 2 heteroatoms. The summed E-state index contributed by atoms with van der Waals surface area (Å²) in [6.45, 7) is 6.99. The zero-order valence-electron chi connectivity index (χ0n) is 10.8. The van der Waals surface area contributed by atoms with E-state index in [1.165, 1.54) is 16.3 Å². The smallest absolute Gasteiger partial charge is 0.123 e. The van der Waals surface area contributed by atoms with E-state index in [1.54, 1.807) is 0 Å². The molecule has 2 nitrogen and oxygen atoms in total. The minimum absolute atomic E-state index is 0.551. The van der Waals surface area contributed by atoms with Gasteiger partial charge in [0.15, 0.2) is 0 Å². The van der Waals surface area contributed by atoms with E-state index in [2.05, 4.69) is 24.8 Å². The lowest BCUT2D eigenvalue weighted by Crippen LogP contribution is -2.07. The van der Waals surface area contributed by atoms with Crippen molar-refractivity contribution in [3.05, 3.63) is 54.1 Å². The van der Waals surface area contributed by atoms with Crippen molar-refractivity contribution in [1.82, 2.24) is 0 Å². The summed E-state index contributed by atoms with van der Waals surface area (Å²) in [6, 6.07) is 12.4. The maximum Gasteiger partial charge on any atom is 0.123 e. The van der Waals surface area contributed by atoms with Crippen molar-refractivity contribution in [2.75, 3.05) is 13.2 Å². The van der Waals surface area contributed by atoms with Gasteiger partial charge in [0.25, 0.3) is 0 Å². The Morgan fingerprint density at radius 3 is 2.72 bits per heavy atom. The molecule has 2 aromatic carbocycles. The van der Waals surface area contributed by atoms with Crippen LogP contribution < -0.4 is 10.5 Å². The standard InChI is InChI=1S/C16H19NO/c1-12(2)11-18-16-8-7-13-5-3-4-6-14(13)15(16)9-10-17/h3-8H,1,9-11,17H2,2H3. The minimum atomic E-state index is 0.551. The third-order valence-electron chi connectivity index (χ3n) is 2.87. The molecule has 0 saturated heterocycles. The Morgan fingerprint density at radius 2 is 2.00 bits per heavy atom.